The van der Waals surface area contributed by atoms with Crippen LogP contribution in [0, 0.1) is 6.92 Å². The highest BCUT2D eigenvalue weighted by Crippen LogP contribution is 2.23. The Balaban J connectivity index is 1.61. The lowest BCUT2D eigenvalue weighted by atomic mass is 10.0. The molecule has 0 aliphatic heterocycles. The lowest BCUT2D eigenvalue weighted by Gasteiger charge is -2.17. The van der Waals surface area contributed by atoms with Crippen LogP contribution >= 0.6 is 0 Å². The lowest BCUT2D eigenvalue weighted by molar-refractivity contribution is -0.148. The number of esters is 1. The number of urea groups is 1. The van der Waals surface area contributed by atoms with Gasteiger partial charge in [-0.3, -0.25) is 4.79 Å². The van der Waals surface area contributed by atoms with Crippen LogP contribution in [0.5, 0.6) is 0 Å². The number of aromatic amines is 1. The number of nitrogens with one attached hydrogen (secondary N) is 3. The molecule has 0 spiro atoms. The maximum Gasteiger partial charge on any atom is 0.329 e. The van der Waals surface area contributed by atoms with Crippen molar-refractivity contribution in [3.63, 3.8) is 0 Å². The van der Waals surface area contributed by atoms with Crippen LogP contribution in [0.2, 0.25) is 0 Å². The van der Waals surface area contributed by atoms with Gasteiger partial charge in [-0.05, 0) is 39.0 Å². The predicted molar refractivity (Wildman–Crippen MR) is 111 cm³/mol. The summed E-state index contributed by atoms with van der Waals surface area (Å²) < 4.78 is 5.31. The highest BCUT2D eigenvalue weighted by atomic mass is 16.5. The Morgan fingerprint density at radius 3 is 2.34 bits per heavy atom. The largest absolute Gasteiger partial charge is 0.453 e. The number of hydrogen-bond donors (Lipinski definition) is 3. The van der Waals surface area contributed by atoms with E-state index in [1.54, 1.807) is 31.2 Å². The van der Waals surface area contributed by atoms with Crippen molar-refractivity contribution in [2.45, 2.75) is 32.9 Å². The number of Topliss-reactive ketones (excluding diaryl/α,β-unsaturated/α-hetero) is 1. The molecule has 3 rings (SSSR count). The van der Waals surface area contributed by atoms with Gasteiger partial charge in [0.1, 0.15) is 6.04 Å². The first kappa shape index (κ1) is 20.1. The maximum atomic E-state index is 12.9. The molecule has 0 bridgehead atoms. The molecule has 0 fully saturated rings. The van der Waals surface area contributed by atoms with Gasteiger partial charge in [0, 0.05) is 27.8 Å². The zero-order valence-electron chi connectivity index (χ0n) is 16.5. The lowest BCUT2D eigenvalue weighted by Crippen LogP contribution is -2.43. The standard InChI is InChI=1S/C22H23N3O4/c1-13-19(17-11-7-8-12-18(17)23-13)20(26)15(3)29-21(27)14(2)24-22(28)25-16-9-5-4-6-10-16/h4-12,14-15,23H,1-3H3,(H2,24,25,28)/t14-,15+/m0/s1. The van der Waals surface area contributed by atoms with Gasteiger partial charge in [0.05, 0.1) is 0 Å². The van der Waals surface area contributed by atoms with Gasteiger partial charge in [0.25, 0.3) is 0 Å². The fraction of sp³-hybridized carbons (Fsp3) is 0.227. The summed E-state index contributed by atoms with van der Waals surface area (Å²) in [6.45, 7) is 4.83. The minimum atomic E-state index is -0.984. The Kier molecular flexibility index (Phi) is 5.97. The van der Waals surface area contributed by atoms with Crippen LogP contribution in [0.15, 0.2) is 54.6 Å². The monoisotopic (exact) mass is 393 g/mol. The molecule has 0 radical (unpaired) electrons. The van der Waals surface area contributed by atoms with Gasteiger partial charge in [-0.15, -0.1) is 0 Å². The van der Waals surface area contributed by atoms with Gasteiger partial charge in [0.2, 0.25) is 5.78 Å². The summed E-state index contributed by atoms with van der Waals surface area (Å²) in [5, 5.41) is 5.91. The number of aromatic nitrogens is 1. The molecule has 3 N–H and O–H groups in total. The fourth-order valence-electron chi connectivity index (χ4n) is 3.07. The molecule has 3 aromatic rings. The summed E-state index contributed by atoms with van der Waals surface area (Å²) in [5.74, 6) is -0.985. The van der Waals surface area contributed by atoms with Crippen molar-refractivity contribution in [3.8, 4) is 0 Å². The first-order valence-electron chi connectivity index (χ1n) is 9.31. The Bertz CT molecular complexity index is 1040. The van der Waals surface area contributed by atoms with Crippen LogP contribution in [-0.2, 0) is 9.53 Å². The molecule has 1 heterocycles. The quantitative estimate of drug-likeness (QED) is 0.438. The van der Waals surface area contributed by atoms with Crippen molar-refractivity contribution >= 4 is 34.4 Å². The number of aryl methyl sites for hydroxylation is 1. The van der Waals surface area contributed by atoms with E-state index >= 15 is 0 Å². The van der Waals surface area contributed by atoms with E-state index in [4.69, 9.17) is 4.74 Å². The maximum absolute atomic E-state index is 12.9. The molecule has 0 saturated carbocycles. The highest BCUT2D eigenvalue weighted by molar-refractivity contribution is 6.11. The van der Waals surface area contributed by atoms with Crippen LogP contribution in [-0.4, -0.2) is 34.9 Å². The third kappa shape index (κ3) is 4.63. The molecule has 0 saturated heterocycles. The molecule has 2 amide bonds. The zero-order chi connectivity index (χ0) is 21.0. The number of rotatable bonds is 6. The Labute approximate surface area is 168 Å². The van der Waals surface area contributed by atoms with E-state index in [0.717, 1.165) is 10.9 Å². The van der Waals surface area contributed by atoms with Crippen molar-refractivity contribution in [2.75, 3.05) is 5.32 Å². The SMILES string of the molecule is Cc1[nH]c2ccccc2c1C(=O)[C@@H](C)OC(=O)[C@H](C)NC(=O)Nc1ccccc1. The summed E-state index contributed by atoms with van der Waals surface area (Å²) in [7, 11) is 0. The van der Waals surface area contributed by atoms with Crippen LogP contribution in [0.3, 0.4) is 0 Å². The molecule has 7 heteroatoms. The summed E-state index contributed by atoms with van der Waals surface area (Å²) in [5.41, 5.74) is 2.67. The van der Waals surface area contributed by atoms with E-state index in [9.17, 15) is 14.4 Å². The average Bonchev–Trinajstić information content (AvgIpc) is 3.03. The van der Waals surface area contributed by atoms with E-state index in [0.29, 0.717) is 16.9 Å². The number of anilines is 1. The number of carbonyl (C=O) groups is 3. The number of benzene rings is 2. The smallest absolute Gasteiger partial charge is 0.329 e. The van der Waals surface area contributed by atoms with Gasteiger partial charge in [-0.1, -0.05) is 36.4 Å². The number of ketones is 1. The van der Waals surface area contributed by atoms with E-state index < -0.39 is 24.1 Å². The first-order valence-corrected chi connectivity index (χ1v) is 9.31. The normalized spacial score (nSPS) is 12.8. The third-order valence-electron chi connectivity index (χ3n) is 4.53. The van der Waals surface area contributed by atoms with Crippen molar-refractivity contribution in [1.29, 1.82) is 0 Å². The summed E-state index contributed by atoms with van der Waals surface area (Å²) in [6, 6.07) is 14.9. The molecule has 2 aromatic carbocycles. The molecule has 0 aliphatic rings. The number of hydrogen-bond acceptors (Lipinski definition) is 4. The van der Waals surface area contributed by atoms with E-state index in [1.165, 1.54) is 13.8 Å². The van der Waals surface area contributed by atoms with Crippen LogP contribution < -0.4 is 10.6 Å². The Morgan fingerprint density at radius 2 is 1.62 bits per heavy atom. The number of para-hydroxylation sites is 2. The average molecular weight is 393 g/mol. The van der Waals surface area contributed by atoms with Gasteiger partial charge in [-0.2, -0.15) is 0 Å². The molecule has 0 unspecified atom stereocenters. The van der Waals surface area contributed by atoms with Gasteiger partial charge < -0.3 is 20.4 Å². The highest BCUT2D eigenvalue weighted by Gasteiger charge is 2.26. The molecule has 29 heavy (non-hydrogen) atoms. The number of carbonyl (C=O) groups excluding carboxylic acids is 3. The van der Waals surface area contributed by atoms with Crippen molar-refractivity contribution < 1.29 is 19.1 Å². The minimum Gasteiger partial charge on any atom is -0.453 e. The minimum absolute atomic E-state index is 0.297. The zero-order valence-corrected chi connectivity index (χ0v) is 16.5. The van der Waals surface area contributed by atoms with Crippen molar-refractivity contribution in [1.82, 2.24) is 10.3 Å². The Morgan fingerprint density at radius 1 is 0.966 bits per heavy atom. The topological polar surface area (TPSA) is 100 Å². The third-order valence-corrected chi connectivity index (χ3v) is 4.53. The number of fused-ring (bicyclic) bond motifs is 1. The second-order valence-electron chi connectivity index (χ2n) is 6.80. The number of H-pyrrole nitrogens is 1. The second kappa shape index (κ2) is 8.60. The Hall–Kier alpha value is -3.61. The first-order chi connectivity index (χ1) is 13.9. The van der Waals surface area contributed by atoms with E-state index in [1.807, 2.05) is 30.3 Å². The molecular formula is C22H23N3O4. The van der Waals surface area contributed by atoms with Crippen molar-refractivity contribution in [2.24, 2.45) is 0 Å². The number of ether oxygens (including phenoxy) is 1. The summed E-state index contributed by atoms with van der Waals surface area (Å²) >= 11 is 0. The van der Waals surface area contributed by atoms with Gasteiger partial charge in [-0.25, -0.2) is 9.59 Å². The molecule has 1 aromatic heterocycles. The fourth-order valence-corrected chi connectivity index (χ4v) is 3.07. The second-order valence-corrected chi connectivity index (χ2v) is 6.80. The molecule has 7 nitrogen and oxygen atoms in total. The van der Waals surface area contributed by atoms with Gasteiger partial charge >= 0.3 is 12.0 Å². The molecule has 150 valence electrons. The van der Waals surface area contributed by atoms with Gasteiger partial charge in [0.15, 0.2) is 6.10 Å². The number of amides is 2. The van der Waals surface area contributed by atoms with Crippen LogP contribution in [0.1, 0.15) is 29.9 Å². The predicted octanol–water partition coefficient (Wildman–Crippen LogP) is 3.80. The van der Waals surface area contributed by atoms with E-state index in [-0.39, 0.29) is 5.78 Å². The van der Waals surface area contributed by atoms with Crippen LogP contribution in [0.4, 0.5) is 10.5 Å². The van der Waals surface area contributed by atoms with Crippen molar-refractivity contribution in [3.05, 3.63) is 65.9 Å². The van der Waals surface area contributed by atoms with Crippen LogP contribution in [0.25, 0.3) is 10.9 Å². The molecule has 2 atom stereocenters. The van der Waals surface area contributed by atoms with E-state index in [2.05, 4.69) is 15.6 Å². The summed E-state index contributed by atoms with van der Waals surface area (Å²) in [4.78, 5) is 40.4. The molecule has 0 aliphatic carbocycles. The molecular weight excluding hydrogens is 370 g/mol. The summed E-state index contributed by atoms with van der Waals surface area (Å²) in [6.07, 6.45) is -0.984.